The van der Waals surface area contributed by atoms with Crippen LogP contribution in [0.3, 0.4) is 0 Å². The maximum Gasteiger partial charge on any atom is 0.408 e. The molecule has 5 heteroatoms. The Balaban J connectivity index is 1.45. The molecule has 4 saturated carbocycles. The number of nitrogens with one attached hydrogen (secondary N) is 1. The standard InChI is InChI=1S/C28H39NO4/c1-17-15-24-22-10-9-19-16-21(31)11-13-26(19,3)23(22)12-14-27(24,4)28(17,18(2)30)33-25(32)29-20-7-5-6-8-20/h11,13,16-17,20,22-24H,5-10,12,14-15H2,1-4H3,(H,29,32)/t17?,22-,23+,24+,26+,27+,28+/m1/s1. The van der Waals surface area contributed by atoms with E-state index in [-0.39, 0.29) is 34.4 Å². The van der Waals surface area contributed by atoms with Crippen molar-refractivity contribution in [3.8, 4) is 0 Å². The number of carbonyl (C=O) groups excluding carboxylic acids is 3. The molecule has 1 amide bonds. The summed E-state index contributed by atoms with van der Waals surface area (Å²) in [4.78, 5) is 38.4. The summed E-state index contributed by atoms with van der Waals surface area (Å²) >= 11 is 0. The first-order valence-corrected chi connectivity index (χ1v) is 13.1. The van der Waals surface area contributed by atoms with Crippen molar-refractivity contribution in [1.29, 1.82) is 0 Å². The predicted octanol–water partition coefficient (Wildman–Crippen LogP) is 5.54. The summed E-state index contributed by atoms with van der Waals surface area (Å²) in [5.41, 5.74) is -0.237. The average Bonchev–Trinajstić information content (AvgIpc) is 3.34. The Kier molecular flexibility index (Phi) is 5.41. The summed E-state index contributed by atoms with van der Waals surface area (Å²) in [6.07, 6.45) is 14.3. The minimum atomic E-state index is -1.07. The molecule has 7 atom stereocenters. The molecule has 5 aliphatic carbocycles. The summed E-state index contributed by atoms with van der Waals surface area (Å²) in [6, 6.07) is 0.168. The Morgan fingerprint density at radius 1 is 1.09 bits per heavy atom. The summed E-state index contributed by atoms with van der Waals surface area (Å²) in [5, 5.41) is 3.06. The number of hydrogen-bond donors (Lipinski definition) is 1. The first kappa shape index (κ1) is 22.9. The molecule has 0 spiro atoms. The molecule has 5 aliphatic rings. The third-order valence-electron chi connectivity index (χ3n) is 10.5. The molecule has 180 valence electrons. The molecule has 0 bridgehead atoms. The summed E-state index contributed by atoms with van der Waals surface area (Å²) < 4.78 is 6.26. The Morgan fingerprint density at radius 2 is 1.82 bits per heavy atom. The van der Waals surface area contributed by atoms with Crippen LogP contribution in [0.1, 0.15) is 85.5 Å². The van der Waals surface area contributed by atoms with E-state index in [4.69, 9.17) is 4.74 Å². The zero-order valence-electron chi connectivity index (χ0n) is 20.6. The van der Waals surface area contributed by atoms with E-state index in [0.29, 0.717) is 17.8 Å². The maximum atomic E-state index is 13.3. The van der Waals surface area contributed by atoms with Crippen LogP contribution in [0.15, 0.2) is 23.8 Å². The molecule has 0 aromatic carbocycles. The van der Waals surface area contributed by atoms with Gasteiger partial charge in [0.25, 0.3) is 0 Å². The number of rotatable bonds is 3. The van der Waals surface area contributed by atoms with E-state index in [1.54, 1.807) is 13.0 Å². The van der Waals surface area contributed by atoms with E-state index in [2.05, 4.69) is 32.2 Å². The molecule has 4 fully saturated rings. The molecule has 33 heavy (non-hydrogen) atoms. The van der Waals surface area contributed by atoms with Gasteiger partial charge in [-0.25, -0.2) is 4.79 Å². The largest absolute Gasteiger partial charge is 0.434 e. The number of allylic oxidation sites excluding steroid dienone is 4. The smallest absolute Gasteiger partial charge is 0.408 e. The molecule has 5 nitrogen and oxygen atoms in total. The lowest BCUT2D eigenvalue weighted by molar-refractivity contribution is -0.165. The fourth-order valence-corrected chi connectivity index (χ4v) is 8.97. The van der Waals surface area contributed by atoms with Gasteiger partial charge in [-0.05, 0) is 81.8 Å². The van der Waals surface area contributed by atoms with Gasteiger partial charge in [-0.2, -0.15) is 0 Å². The minimum absolute atomic E-state index is 0.00806. The van der Waals surface area contributed by atoms with Gasteiger partial charge in [-0.15, -0.1) is 0 Å². The van der Waals surface area contributed by atoms with Crippen LogP contribution in [0.2, 0.25) is 0 Å². The first-order chi connectivity index (χ1) is 15.6. The van der Waals surface area contributed by atoms with Crippen LogP contribution in [-0.2, 0) is 14.3 Å². The molecular formula is C28H39NO4. The maximum absolute atomic E-state index is 13.3. The molecule has 0 aliphatic heterocycles. The van der Waals surface area contributed by atoms with Gasteiger partial charge in [0.05, 0.1) is 0 Å². The molecule has 5 rings (SSSR count). The Bertz CT molecular complexity index is 930. The number of carbonyl (C=O) groups is 3. The van der Waals surface area contributed by atoms with Gasteiger partial charge in [0.2, 0.25) is 0 Å². The number of ether oxygens (including phenoxy) is 1. The minimum Gasteiger partial charge on any atom is -0.434 e. The summed E-state index contributed by atoms with van der Waals surface area (Å²) in [5.74, 6) is 1.35. The third-order valence-corrected chi connectivity index (χ3v) is 10.5. The SMILES string of the molecule is CC(=O)[C@@]1(OC(=O)NC2CCCC2)C(C)C[C@H]2[C@@H]3CCC4=CC(=O)C=C[C@]4(C)[C@H]3CC[C@@]21C. The first-order valence-electron chi connectivity index (χ1n) is 13.1. The monoisotopic (exact) mass is 453 g/mol. The average molecular weight is 454 g/mol. The lowest BCUT2D eigenvalue weighted by Crippen LogP contribution is -2.61. The highest BCUT2D eigenvalue weighted by Crippen LogP contribution is 2.69. The van der Waals surface area contributed by atoms with E-state index in [1.165, 1.54) is 5.57 Å². The number of hydrogen-bond acceptors (Lipinski definition) is 4. The predicted molar refractivity (Wildman–Crippen MR) is 126 cm³/mol. The second kappa shape index (κ2) is 7.81. The Labute approximate surface area is 197 Å². The number of fused-ring (bicyclic) bond motifs is 5. The van der Waals surface area contributed by atoms with Gasteiger partial charge in [0.15, 0.2) is 17.2 Å². The number of amides is 1. The molecule has 1 unspecified atom stereocenters. The highest BCUT2D eigenvalue weighted by atomic mass is 16.6. The van der Waals surface area contributed by atoms with Crippen molar-refractivity contribution < 1.29 is 19.1 Å². The topological polar surface area (TPSA) is 72.5 Å². The van der Waals surface area contributed by atoms with Gasteiger partial charge in [-0.1, -0.05) is 45.3 Å². The van der Waals surface area contributed by atoms with Crippen LogP contribution >= 0.6 is 0 Å². The molecule has 0 aromatic heterocycles. The summed E-state index contributed by atoms with van der Waals surface area (Å²) in [7, 11) is 0. The van der Waals surface area contributed by atoms with Gasteiger partial charge >= 0.3 is 6.09 Å². The van der Waals surface area contributed by atoms with E-state index in [0.717, 1.165) is 57.8 Å². The molecule has 0 radical (unpaired) electrons. The van der Waals surface area contributed by atoms with Gasteiger partial charge in [-0.3, -0.25) is 9.59 Å². The highest BCUT2D eigenvalue weighted by Gasteiger charge is 2.70. The number of alkyl carbamates (subject to hydrolysis) is 1. The van der Waals surface area contributed by atoms with Gasteiger partial charge in [0.1, 0.15) is 0 Å². The molecule has 0 saturated heterocycles. The quantitative estimate of drug-likeness (QED) is 0.609. The van der Waals surface area contributed by atoms with Crippen LogP contribution in [0.25, 0.3) is 0 Å². The van der Waals surface area contributed by atoms with Crippen molar-refractivity contribution >= 4 is 17.7 Å². The molecular weight excluding hydrogens is 414 g/mol. The van der Waals surface area contributed by atoms with Crippen molar-refractivity contribution in [3.63, 3.8) is 0 Å². The van der Waals surface area contributed by atoms with Gasteiger partial charge < -0.3 is 10.1 Å². The second-order valence-corrected chi connectivity index (χ2v) is 12.0. The van der Waals surface area contributed by atoms with E-state index >= 15 is 0 Å². The van der Waals surface area contributed by atoms with Crippen LogP contribution in [0, 0.1) is 34.5 Å². The fourth-order valence-electron chi connectivity index (χ4n) is 8.97. The van der Waals surface area contributed by atoms with Crippen molar-refractivity contribution in [2.75, 3.05) is 0 Å². The van der Waals surface area contributed by atoms with Crippen molar-refractivity contribution in [1.82, 2.24) is 5.32 Å². The van der Waals surface area contributed by atoms with Crippen LogP contribution < -0.4 is 5.32 Å². The third kappa shape index (κ3) is 3.20. The molecule has 0 heterocycles. The van der Waals surface area contributed by atoms with E-state index in [1.807, 2.05) is 6.08 Å². The van der Waals surface area contributed by atoms with Crippen molar-refractivity contribution in [3.05, 3.63) is 23.8 Å². The molecule has 0 aromatic rings. The lowest BCUT2D eigenvalue weighted by atomic mass is 9.47. The zero-order valence-corrected chi connectivity index (χ0v) is 20.6. The van der Waals surface area contributed by atoms with E-state index in [9.17, 15) is 14.4 Å². The number of Topliss-reactive ketones (excluding diaryl/α,β-unsaturated/α-hetero) is 1. The fraction of sp³-hybridized carbons (Fsp3) is 0.750. The lowest BCUT2D eigenvalue weighted by Gasteiger charge is -2.58. The molecule has 1 N–H and O–H groups in total. The van der Waals surface area contributed by atoms with E-state index < -0.39 is 11.7 Å². The van der Waals surface area contributed by atoms with Crippen LogP contribution in [-0.4, -0.2) is 29.3 Å². The van der Waals surface area contributed by atoms with Crippen molar-refractivity contribution in [2.24, 2.45) is 34.5 Å². The Hall–Kier alpha value is -1.91. The van der Waals surface area contributed by atoms with Crippen LogP contribution in [0.5, 0.6) is 0 Å². The van der Waals surface area contributed by atoms with Crippen molar-refractivity contribution in [2.45, 2.75) is 97.1 Å². The Morgan fingerprint density at radius 3 is 2.52 bits per heavy atom. The van der Waals surface area contributed by atoms with Gasteiger partial charge in [0, 0.05) is 22.8 Å². The normalized spacial score (nSPS) is 44.5. The highest BCUT2D eigenvalue weighted by molar-refractivity contribution is 6.01. The summed E-state index contributed by atoms with van der Waals surface area (Å²) in [6.45, 7) is 8.24. The van der Waals surface area contributed by atoms with Crippen LogP contribution in [0.4, 0.5) is 4.79 Å². The second-order valence-electron chi connectivity index (χ2n) is 12.0. The zero-order chi connectivity index (χ0) is 23.6. The number of ketones is 2.